The molecule has 0 radical (unpaired) electrons. The van der Waals surface area contributed by atoms with Crippen molar-refractivity contribution in [3.8, 4) is 0 Å². The molecule has 0 amide bonds. The van der Waals surface area contributed by atoms with E-state index in [1.807, 2.05) is 32.9 Å². The van der Waals surface area contributed by atoms with Gasteiger partial charge in [0.15, 0.2) is 11.5 Å². The van der Waals surface area contributed by atoms with Gasteiger partial charge in [0.1, 0.15) is 0 Å². The van der Waals surface area contributed by atoms with Gasteiger partial charge in [0.25, 0.3) is 0 Å². The van der Waals surface area contributed by atoms with Crippen LogP contribution in [0.4, 0.5) is 0 Å². The number of methoxy groups -OCH3 is 1. The molecular weight excluding hydrogens is 316 g/mol. The highest BCUT2D eigenvalue weighted by Gasteiger charge is 2.46. The lowest BCUT2D eigenvalue weighted by atomic mass is 9.65. The molecule has 1 N–H and O–H groups in total. The molecule has 0 aromatic heterocycles. The van der Waals surface area contributed by atoms with E-state index >= 15 is 0 Å². The first-order valence-electron chi connectivity index (χ1n) is 8.79. The lowest BCUT2D eigenvalue weighted by Crippen LogP contribution is -2.42. The Morgan fingerprint density at radius 2 is 2.00 bits per heavy atom. The second-order valence-corrected chi connectivity index (χ2v) is 7.34. The number of Topliss-reactive ketones (excluding diaryl/α,β-unsaturated/α-hetero) is 2. The van der Waals surface area contributed by atoms with Crippen LogP contribution >= 0.6 is 0 Å². The van der Waals surface area contributed by atoms with Crippen LogP contribution in [0.25, 0.3) is 0 Å². The SMILES string of the molecule is C=C(C)/C=C/C[C@@H](C)[C@@H]1C2=C(C(=O)C(OC)=C(C)C2=O)[C@@H](C)C[C@@H]1O. The summed E-state index contributed by atoms with van der Waals surface area (Å²) in [6.45, 7) is 11.3. The van der Waals surface area contributed by atoms with Gasteiger partial charge in [0.2, 0.25) is 5.78 Å². The van der Waals surface area contributed by atoms with Gasteiger partial charge >= 0.3 is 0 Å². The number of carbonyl (C=O) groups excluding carboxylic acids is 2. The summed E-state index contributed by atoms with van der Waals surface area (Å²) in [7, 11) is 1.42. The fraction of sp³-hybridized carbons (Fsp3) is 0.524. The third-order valence-electron chi connectivity index (χ3n) is 5.23. The third kappa shape index (κ3) is 3.54. The predicted molar refractivity (Wildman–Crippen MR) is 97.8 cm³/mol. The number of ketones is 2. The molecule has 0 heterocycles. The first-order chi connectivity index (χ1) is 11.7. The number of hydrogen-bond acceptors (Lipinski definition) is 4. The Morgan fingerprint density at radius 3 is 2.56 bits per heavy atom. The van der Waals surface area contributed by atoms with E-state index in [0.717, 1.165) is 5.57 Å². The van der Waals surface area contributed by atoms with Crippen LogP contribution in [-0.2, 0) is 14.3 Å². The molecule has 0 saturated heterocycles. The molecule has 2 aliphatic rings. The quantitative estimate of drug-likeness (QED) is 0.612. The zero-order chi connectivity index (χ0) is 18.9. The topological polar surface area (TPSA) is 63.6 Å². The van der Waals surface area contributed by atoms with Gasteiger partial charge in [0.05, 0.1) is 13.2 Å². The van der Waals surface area contributed by atoms with E-state index in [9.17, 15) is 14.7 Å². The Hall–Kier alpha value is -1.94. The van der Waals surface area contributed by atoms with E-state index in [0.29, 0.717) is 29.6 Å². The number of carbonyl (C=O) groups is 2. The average molecular weight is 344 g/mol. The van der Waals surface area contributed by atoms with E-state index in [4.69, 9.17) is 4.74 Å². The molecule has 4 nitrogen and oxygen atoms in total. The normalized spacial score (nSPS) is 28.5. The summed E-state index contributed by atoms with van der Waals surface area (Å²) in [5.41, 5.74) is 2.31. The van der Waals surface area contributed by atoms with Gasteiger partial charge in [-0.1, -0.05) is 38.2 Å². The summed E-state index contributed by atoms with van der Waals surface area (Å²) in [6.07, 6.45) is 4.51. The molecule has 0 saturated carbocycles. The summed E-state index contributed by atoms with van der Waals surface area (Å²) < 4.78 is 5.19. The van der Waals surface area contributed by atoms with Crippen molar-refractivity contribution in [3.63, 3.8) is 0 Å². The molecule has 2 rings (SSSR count). The van der Waals surface area contributed by atoms with Crippen molar-refractivity contribution >= 4 is 11.6 Å². The summed E-state index contributed by atoms with van der Waals surface area (Å²) in [5.74, 6) is -0.696. The Balaban J connectivity index is 2.46. The molecular formula is C21H28O4. The fourth-order valence-corrected chi connectivity index (χ4v) is 4.02. The molecule has 0 fully saturated rings. The largest absolute Gasteiger partial charge is 0.492 e. The van der Waals surface area contributed by atoms with Crippen LogP contribution in [0.15, 0.2) is 46.8 Å². The standard InChI is InChI=1S/C21H28O4/c1-11(2)8-7-9-12(3)16-15(22)10-13(4)17-18(16)19(23)14(5)21(25-6)20(17)24/h7-8,12-13,15-16,22H,1,9-10H2,2-6H3/b8-7+/t12-,13+,15+,16+/m1/s1. The first kappa shape index (κ1) is 19.4. The van der Waals surface area contributed by atoms with Crippen LogP contribution in [-0.4, -0.2) is 29.9 Å². The predicted octanol–water partition coefficient (Wildman–Crippen LogP) is 3.53. The van der Waals surface area contributed by atoms with E-state index in [1.54, 1.807) is 6.92 Å². The average Bonchev–Trinajstić information content (AvgIpc) is 2.52. The van der Waals surface area contributed by atoms with Crippen LogP contribution in [0, 0.1) is 17.8 Å². The zero-order valence-corrected chi connectivity index (χ0v) is 15.8. The highest BCUT2D eigenvalue weighted by atomic mass is 16.5. The lowest BCUT2D eigenvalue weighted by molar-refractivity contribution is -0.121. The second-order valence-electron chi connectivity index (χ2n) is 7.34. The highest BCUT2D eigenvalue weighted by molar-refractivity contribution is 6.24. The van der Waals surface area contributed by atoms with Gasteiger partial charge in [-0.15, -0.1) is 0 Å². The molecule has 0 aromatic rings. The first-order valence-corrected chi connectivity index (χ1v) is 8.79. The van der Waals surface area contributed by atoms with Crippen molar-refractivity contribution in [2.24, 2.45) is 17.8 Å². The van der Waals surface area contributed by atoms with Crippen LogP contribution in [0.5, 0.6) is 0 Å². The number of rotatable bonds is 5. The molecule has 4 atom stereocenters. The maximum absolute atomic E-state index is 13.0. The van der Waals surface area contributed by atoms with Crippen LogP contribution in [0.2, 0.25) is 0 Å². The van der Waals surface area contributed by atoms with Crippen molar-refractivity contribution in [3.05, 3.63) is 46.8 Å². The number of aliphatic hydroxyl groups is 1. The van der Waals surface area contributed by atoms with Crippen LogP contribution in [0.1, 0.15) is 40.5 Å². The molecule has 0 aromatic carbocycles. The molecule has 0 unspecified atom stereocenters. The minimum atomic E-state index is -0.629. The Morgan fingerprint density at radius 1 is 1.36 bits per heavy atom. The van der Waals surface area contributed by atoms with E-state index in [-0.39, 0.29) is 35.1 Å². The summed E-state index contributed by atoms with van der Waals surface area (Å²) >= 11 is 0. The Bertz CT molecular complexity index is 693. The molecule has 0 spiro atoms. The molecule has 0 bridgehead atoms. The van der Waals surface area contributed by atoms with Gasteiger partial charge < -0.3 is 9.84 Å². The van der Waals surface area contributed by atoms with Crippen molar-refractivity contribution in [1.29, 1.82) is 0 Å². The third-order valence-corrected chi connectivity index (χ3v) is 5.23. The van der Waals surface area contributed by atoms with Crippen LogP contribution in [0.3, 0.4) is 0 Å². The number of hydrogen-bond donors (Lipinski definition) is 1. The molecule has 136 valence electrons. The maximum atomic E-state index is 13.0. The molecule has 0 aliphatic heterocycles. The van der Waals surface area contributed by atoms with Gasteiger partial charge in [-0.2, -0.15) is 0 Å². The zero-order valence-electron chi connectivity index (χ0n) is 15.8. The van der Waals surface area contributed by atoms with Crippen LogP contribution < -0.4 is 0 Å². The van der Waals surface area contributed by atoms with E-state index in [1.165, 1.54) is 7.11 Å². The Kier molecular flexibility index (Phi) is 5.83. The molecule has 4 heteroatoms. The van der Waals surface area contributed by atoms with Gasteiger partial charge in [-0.3, -0.25) is 9.59 Å². The molecule has 2 aliphatic carbocycles. The van der Waals surface area contributed by atoms with Crippen molar-refractivity contribution < 1.29 is 19.4 Å². The minimum Gasteiger partial charge on any atom is -0.492 e. The number of aliphatic hydroxyl groups excluding tert-OH is 1. The lowest BCUT2D eigenvalue weighted by Gasteiger charge is -2.40. The molecule has 25 heavy (non-hydrogen) atoms. The highest BCUT2D eigenvalue weighted by Crippen LogP contribution is 2.44. The van der Waals surface area contributed by atoms with Crippen molar-refractivity contribution in [2.45, 2.75) is 46.6 Å². The van der Waals surface area contributed by atoms with E-state index < -0.39 is 6.10 Å². The van der Waals surface area contributed by atoms with Gasteiger partial charge in [-0.25, -0.2) is 0 Å². The fourth-order valence-electron chi connectivity index (χ4n) is 4.02. The summed E-state index contributed by atoms with van der Waals surface area (Å²) in [5, 5.41) is 10.7. The second kappa shape index (κ2) is 7.52. The Labute approximate surface area is 149 Å². The van der Waals surface area contributed by atoms with E-state index in [2.05, 4.69) is 6.58 Å². The number of allylic oxidation sites excluding steroid dienone is 5. The monoisotopic (exact) mass is 344 g/mol. The van der Waals surface area contributed by atoms with Gasteiger partial charge in [0, 0.05) is 22.6 Å². The summed E-state index contributed by atoms with van der Waals surface area (Å²) in [6, 6.07) is 0. The van der Waals surface area contributed by atoms with Gasteiger partial charge in [-0.05, 0) is 38.5 Å². The minimum absolute atomic E-state index is 0.0387. The smallest absolute Gasteiger partial charge is 0.224 e. The maximum Gasteiger partial charge on any atom is 0.224 e. The number of ether oxygens (including phenoxy) is 1. The summed E-state index contributed by atoms with van der Waals surface area (Å²) in [4.78, 5) is 25.8. The van der Waals surface area contributed by atoms with Crippen molar-refractivity contribution in [2.75, 3.05) is 7.11 Å². The van der Waals surface area contributed by atoms with Crippen molar-refractivity contribution in [1.82, 2.24) is 0 Å².